The molecule has 5 amide bonds. The molecule has 1 aliphatic heterocycles. The van der Waals surface area contributed by atoms with Crippen molar-refractivity contribution in [1.29, 1.82) is 0 Å². The van der Waals surface area contributed by atoms with Crippen molar-refractivity contribution in [3.05, 3.63) is 77.6 Å². The van der Waals surface area contributed by atoms with Crippen molar-refractivity contribution in [3.8, 4) is 0 Å². The number of primary amides is 1. The number of unbranched alkanes of at least 4 members (excludes halogenated alkanes) is 1. The molecule has 0 bridgehead atoms. The zero-order chi connectivity index (χ0) is 43.9. The van der Waals surface area contributed by atoms with Crippen LogP contribution in [0.1, 0.15) is 106 Å². The molecule has 18 nitrogen and oxygen atoms in total. The van der Waals surface area contributed by atoms with Gasteiger partial charge in [-0.05, 0) is 69.2 Å². The van der Waals surface area contributed by atoms with Crippen LogP contribution in [-0.4, -0.2) is 98.8 Å². The lowest BCUT2D eigenvalue weighted by Crippen LogP contribution is -2.56. The molecule has 1 aliphatic carbocycles. The van der Waals surface area contributed by atoms with Crippen LogP contribution < -0.4 is 21.7 Å². The van der Waals surface area contributed by atoms with E-state index in [1.54, 1.807) is 38.1 Å². The van der Waals surface area contributed by atoms with Crippen molar-refractivity contribution in [2.24, 2.45) is 11.7 Å². The number of hydrogen-bond donors (Lipinski definition) is 5. The molecule has 2 fully saturated rings. The standard InChI is InChI=1S/C42H56N8O10S/c1-42(2,57)35-24-45-48-50(35)30-23-34(39(54)46-32(36(51)37(43)52)19-10-11-20-44-41(56)59-26-28-15-8-5-9-16-28)49(25-30)40(55)33(21-27-13-6-4-7-14-27)47-38(53)29-17-12-18-31(22-29)61-60-58-3/h5,8-9,12,15-18,22,24,27,30,32-34,57H,4,6-7,10-11,13-14,19-21,23,25-26H2,1-3H3,(H2,43,52)(H,44,56)(H,46,54)(H,47,53)/t30-,32?,33+,34-/m0/s1. The average molecular weight is 865 g/mol. The first kappa shape index (κ1) is 46.7. The maximum absolute atomic E-state index is 14.9. The van der Waals surface area contributed by atoms with Gasteiger partial charge in [0.25, 0.3) is 11.8 Å². The van der Waals surface area contributed by atoms with E-state index in [4.69, 9.17) is 14.8 Å². The van der Waals surface area contributed by atoms with Gasteiger partial charge in [-0.25, -0.2) is 14.4 Å². The van der Waals surface area contributed by atoms with E-state index < -0.39 is 65.3 Å². The first-order valence-electron chi connectivity index (χ1n) is 20.6. The summed E-state index contributed by atoms with van der Waals surface area (Å²) in [7, 11) is 1.36. The highest BCUT2D eigenvalue weighted by molar-refractivity contribution is 7.94. The van der Waals surface area contributed by atoms with Crippen molar-refractivity contribution < 1.29 is 47.8 Å². The number of aromatic nitrogens is 3. The van der Waals surface area contributed by atoms with Crippen LogP contribution in [-0.2, 0) is 45.3 Å². The SMILES string of the molecule is COOSc1cccc(C(=O)N[C@H](CC2CCCCC2)C(=O)N2C[C@@H](n3nncc3C(C)(C)O)C[C@H]2C(=O)NC(CCCCNC(=O)OCc2ccccc2)C(=O)C(N)=O)c1. The van der Waals surface area contributed by atoms with Crippen LogP contribution in [0.5, 0.6) is 0 Å². The number of likely N-dealkylation sites (tertiary alicyclic amines) is 1. The number of alkyl carbamates (subject to hydrolysis) is 1. The number of nitrogens with two attached hydrogens (primary N) is 1. The first-order chi connectivity index (χ1) is 29.2. The number of rotatable bonds is 21. The van der Waals surface area contributed by atoms with Crippen molar-refractivity contribution >= 4 is 47.5 Å². The molecule has 0 radical (unpaired) electrons. The molecule has 4 atom stereocenters. The van der Waals surface area contributed by atoms with E-state index in [1.807, 2.05) is 30.3 Å². The summed E-state index contributed by atoms with van der Waals surface area (Å²) >= 11 is 0.921. The van der Waals surface area contributed by atoms with Crippen LogP contribution in [0.25, 0.3) is 0 Å². The molecule has 5 rings (SSSR count). The fraction of sp³-hybridized carbons (Fsp3) is 0.524. The van der Waals surface area contributed by atoms with Crippen LogP contribution in [0.3, 0.4) is 0 Å². The first-order valence-corrected chi connectivity index (χ1v) is 21.3. The molecule has 19 heteroatoms. The van der Waals surface area contributed by atoms with Gasteiger partial charge < -0.3 is 36.4 Å². The number of ether oxygens (including phenoxy) is 1. The molecule has 6 N–H and O–H groups in total. The Bertz CT molecular complexity index is 1970. The summed E-state index contributed by atoms with van der Waals surface area (Å²) in [6.07, 6.45) is 6.64. The summed E-state index contributed by atoms with van der Waals surface area (Å²) in [4.78, 5) is 87.2. The summed E-state index contributed by atoms with van der Waals surface area (Å²) in [6, 6.07) is 11.6. The molecule has 1 unspecified atom stereocenters. The average Bonchev–Trinajstić information content (AvgIpc) is 3.94. The molecule has 61 heavy (non-hydrogen) atoms. The second-order valence-corrected chi connectivity index (χ2v) is 16.7. The Hall–Kier alpha value is -5.37. The van der Waals surface area contributed by atoms with Crippen molar-refractivity contribution in [2.75, 3.05) is 20.2 Å². The quantitative estimate of drug-likeness (QED) is 0.0338. The van der Waals surface area contributed by atoms with Gasteiger partial charge >= 0.3 is 6.09 Å². The van der Waals surface area contributed by atoms with Crippen molar-refractivity contribution in [1.82, 2.24) is 35.8 Å². The Morgan fingerprint density at radius 3 is 2.44 bits per heavy atom. The molecular formula is C42H56N8O10S. The monoisotopic (exact) mass is 864 g/mol. The number of amides is 5. The van der Waals surface area contributed by atoms with Gasteiger partial charge in [0.05, 0.1) is 43.1 Å². The molecule has 1 saturated carbocycles. The summed E-state index contributed by atoms with van der Waals surface area (Å²) in [5.74, 6) is -3.85. The Morgan fingerprint density at radius 2 is 1.74 bits per heavy atom. The normalized spacial score (nSPS) is 17.9. The third kappa shape index (κ3) is 13.6. The van der Waals surface area contributed by atoms with E-state index in [0.29, 0.717) is 29.9 Å². The highest BCUT2D eigenvalue weighted by Gasteiger charge is 2.45. The molecule has 2 aliphatic rings. The number of ketones is 1. The highest BCUT2D eigenvalue weighted by Crippen LogP contribution is 2.34. The van der Waals surface area contributed by atoms with E-state index in [9.17, 15) is 33.9 Å². The number of carbonyl (C=O) groups is 6. The lowest BCUT2D eigenvalue weighted by atomic mass is 9.84. The van der Waals surface area contributed by atoms with Gasteiger partial charge in [0.2, 0.25) is 17.6 Å². The predicted octanol–water partition coefficient (Wildman–Crippen LogP) is 3.64. The minimum atomic E-state index is -1.37. The largest absolute Gasteiger partial charge is 0.445 e. The Balaban J connectivity index is 1.34. The van der Waals surface area contributed by atoms with Crippen molar-refractivity contribution in [2.45, 2.75) is 119 Å². The van der Waals surface area contributed by atoms with Gasteiger partial charge in [-0.3, -0.25) is 24.0 Å². The molecular weight excluding hydrogens is 809 g/mol. The topological polar surface area (TPSA) is 246 Å². The van der Waals surface area contributed by atoms with Gasteiger partial charge in [0.15, 0.2) is 0 Å². The van der Waals surface area contributed by atoms with E-state index >= 15 is 0 Å². The van der Waals surface area contributed by atoms with E-state index in [0.717, 1.165) is 49.7 Å². The molecule has 0 spiro atoms. The van der Waals surface area contributed by atoms with Gasteiger partial charge in [0, 0.05) is 30.0 Å². The summed E-state index contributed by atoms with van der Waals surface area (Å²) < 4.78 is 11.7. The lowest BCUT2D eigenvalue weighted by Gasteiger charge is -2.32. The van der Waals surface area contributed by atoms with Gasteiger partial charge in [-0.15, -0.1) is 5.10 Å². The smallest absolute Gasteiger partial charge is 0.407 e. The fourth-order valence-electron chi connectivity index (χ4n) is 7.76. The number of hydrogen-bond acceptors (Lipinski definition) is 13. The van der Waals surface area contributed by atoms with Crippen LogP contribution in [0.15, 0.2) is 65.7 Å². The van der Waals surface area contributed by atoms with Crippen LogP contribution in [0.4, 0.5) is 4.79 Å². The van der Waals surface area contributed by atoms with Gasteiger partial charge in [0.1, 0.15) is 24.3 Å². The van der Waals surface area contributed by atoms with E-state index in [1.165, 1.54) is 22.9 Å². The zero-order valence-corrected chi connectivity index (χ0v) is 35.6. The molecule has 1 aromatic heterocycles. The zero-order valence-electron chi connectivity index (χ0n) is 34.7. The fourth-order valence-corrected chi connectivity index (χ4v) is 8.22. The minimum Gasteiger partial charge on any atom is -0.445 e. The molecule has 330 valence electrons. The maximum Gasteiger partial charge on any atom is 0.407 e. The Labute approximate surface area is 359 Å². The van der Waals surface area contributed by atoms with E-state index in [-0.39, 0.29) is 44.0 Å². The number of nitrogens with one attached hydrogen (secondary N) is 3. The third-order valence-corrected chi connectivity index (χ3v) is 11.5. The third-order valence-electron chi connectivity index (χ3n) is 10.9. The molecule has 2 aromatic carbocycles. The van der Waals surface area contributed by atoms with Crippen LogP contribution in [0, 0.1) is 5.92 Å². The number of aliphatic hydroxyl groups is 1. The van der Waals surface area contributed by atoms with Gasteiger partial charge in [-0.2, -0.15) is 4.33 Å². The minimum absolute atomic E-state index is 0.0113. The maximum atomic E-state index is 14.9. The number of benzene rings is 2. The van der Waals surface area contributed by atoms with E-state index in [2.05, 4.69) is 31.2 Å². The lowest BCUT2D eigenvalue weighted by molar-refractivity contribution is -0.160. The van der Waals surface area contributed by atoms with Gasteiger partial charge in [-0.1, -0.05) is 73.7 Å². The number of nitrogens with zero attached hydrogens (tertiary/aromatic N) is 4. The van der Waals surface area contributed by atoms with Crippen LogP contribution >= 0.6 is 12.0 Å². The number of carbonyl (C=O) groups excluding carboxylic acids is 6. The second kappa shape index (κ2) is 22.5. The predicted molar refractivity (Wildman–Crippen MR) is 222 cm³/mol. The second-order valence-electron chi connectivity index (χ2n) is 15.9. The molecule has 3 aromatic rings. The Kier molecular flexibility index (Phi) is 17.2. The highest BCUT2D eigenvalue weighted by atomic mass is 32.2. The molecule has 1 saturated heterocycles. The Morgan fingerprint density at radius 1 is 0.984 bits per heavy atom. The summed E-state index contributed by atoms with van der Waals surface area (Å²) in [5, 5.41) is 27.4. The van der Waals surface area contributed by atoms with Crippen LogP contribution in [0.2, 0.25) is 0 Å². The molecule has 2 heterocycles. The summed E-state index contributed by atoms with van der Waals surface area (Å²) in [6.45, 7) is 3.39. The summed E-state index contributed by atoms with van der Waals surface area (Å²) in [5.41, 5.74) is 5.51. The van der Waals surface area contributed by atoms with Crippen molar-refractivity contribution in [3.63, 3.8) is 0 Å². The number of Topliss-reactive ketones (excluding diaryl/α,β-unsaturated/α-hetero) is 1.